The number of benzene rings is 2. The lowest BCUT2D eigenvalue weighted by atomic mass is 10.1. The molecular formula is C22H25NO6. The number of amides is 1. The van der Waals surface area contributed by atoms with Crippen LogP contribution < -0.4 is 19.5 Å². The van der Waals surface area contributed by atoms with Crippen LogP contribution in [-0.2, 0) is 9.47 Å². The van der Waals surface area contributed by atoms with Crippen LogP contribution in [0.5, 0.6) is 17.2 Å². The average molecular weight is 399 g/mol. The Kier molecular flexibility index (Phi) is 6.17. The molecule has 7 nitrogen and oxygen atoms in total. The summed E-state index contributed by atoms with van der Waals surface area (Å²) in [5, 5.41) is 2.91. The first-order chi connectivity index (χ1) is 14.2. The summed E-state index contributed by atoms with van der Waals surface area (Å²) < 4.78 is 28.8. The van der Waals surface area contributed by atoms with Crippen LogP contribution in [0.25, 0.3) is 0 Å². The highest BCUT2D eigenvalue weighted by molar-refractivity contribution is 6.07. The number of hydrogen-bond donors (Lipinski definition) is 1. The van der Waals surface area contributed by atoms with Gasteiger partial charge in [0.05, 0.1) is 39.1 Å². The van der Waals surface area contributed by atoms with Crippen LogP contribution in [0.1, 0.15) is 23.2 Å². The normalized spacial score (nSPS) is 21.0. The summed E-state index contributed by atoms with van der Waals surface area (Å²) in [5.41, 5.74) is 1.09. The molecule has 2 aliphatic rings. The fourth-order valence-electron chi connectivity index (χ4n) is 3.38. The third-order valence-electron chi connectivity index (χ3n) is 4.92. The average Bonchev–Trinajstić information content (AvgIpc) is 3.44. The van der Waals surface area contributed by atoms with Crippen LogP contribution in [0.2, 0.25) is 0 Å². The third kappa shape index (κ3) is 4.63. The SMILES string of the molecule is COc1ccc(C(=O)Nc2ccccc2)c(OC2CCOC2)c1OC1CCOC1. The lowest BCUT2D eigenvalue weighted by molar-refractivity contribution is 0.0999. The van der Waals surface area contributed by atoms with E-state index in [1.54, 1.807) is 19.2 Å². The minimum absolute atomic E-state index is 0.112. The molecule has 2 aromatic carbocycles. The van der Waals surface area contributed by atoms with Crippen molar-refractivity contribution < 1.29 is 28.5 Å². The van der Waals surface area contributed by atoms with Crippen LogP contribution in [0.4, 0.5) is 5.69 Å². The first-order valence-electron chi connectivity index (χ1n) is 9.81. The Balaban J connectivity index is 1.68. The maximum absolute atomic E-state index is 13.1. The predicted octanol–water partition coefficient (Wildman–Crippen LogP) is 3.28. The fourth-order valence-corrected chi connectivity index (χ4v) is 3.38. The number of carbonyl (C=O) groups is 1. The number of para-hydroxylation sites is 1. The van der Waals surface area contributed by atoms with Gasteiger partial charge in [0.15, 0.2) is 11.5 Å². The van der Waals surface area contributed by atoms with E-state index < -0.39 is 0 Å². The van der Waals surface area contributed by atoms with Gasteiger partial charge >= 0.3 is 0 Å². The summed E-state index contributed by atoms with van der Waals surface area (Å²) >= 11 is 0. The highest BCUT2D eigenvalue weighted by Gasteiger charge is 2.29. The van der Waals surface area contributed by atoms with Crippen molar-refractivity contribution in [3.05, 3.63) is 48.0 Å². The molecular weight excluding hydrogens is 374 g/mol. The summed E-state index contributed by atoms with van der Waals surface area (Å²) in [5.74, 6) is 1.04. The molecule has 29 heavy (non-hydrogen) atoms. The van der Waals surface area contributed by atoms with Gasteiger partial charge in [0, 0.05) is 18.5 Å². The zero-order valence-electron chi connectivity index (χ0n) is 16.4. The van der Waals surface area contributed by atoms with Crippen molar-refractivity contribution in [3.8, 4) is 17.2 Å². The van der Waals surface area contributed by atoms with Crippen LogP contribution in [0.15, 0.2) is 42.5 Å². The molecule has 0 radical (unpaired) electrons. The summed E-state index contributed by atoms with van der Waals surface area (Å²) in [6.07, 6.45) is 1.27. The Hall–Kier alpha value is -2.77. The van der Waals surface area contributed by atoms with Gasteiger partial charge in [-0.25, -0.2) is 0 Å². The molecule has 1 N–H and O–H groups in total. The van der Waals surface area contributed by atoms with E-state index in [0.717, 1.165) is 12.8 Å². The Morgan fingerprint density at radius 3 is 2.17 bits per heavy atom. The maximum atomic E-state index is 13.1. The van der Waals surface area contributed by atoms with Crippen LogP contribution in [0.3, 0.4) is 0 Å². The van der Waals surface area contributed by atoms with E-state index in [1.165, 1.54) is 0 Å². The molecule has 154 valence electrons. The van der Waals surface area contributed by atoms with Gasteiger partial charge in [0.2, 0.25) is 5.75 Å². The highest BCUT2D eigenvalue weighted by Crippen LogP contribution is 2.42. The fraction of sp³-hybridized carbons (Fsp3) is 0.409. The molecule has 2 fully saturated rings. The van der Waals surface area contributed by atoms with Crippen molar-refractivity contribution >= 4 is 11.6 Å². The topological polar surface area (TPSA) is 75.3 Å². The highest BCUT2D eigenvalue weighted by atomic mass is 16.6. The molecule has 1 amide bonds. The third-order valence-corrected chi connectivity index (χ3v) is 4.92. The molecule has 7 heteroatoms. The molecule has 0 aliphatic carbocycles. The Labute approximate surface area is 169 Å². The Morgan fingerprint density at radius 1 is 0.931 bits per heavy atom. The number of carbonyl (C=O) groups excluding carboxylic acids is 1. The molecule has 0 bridgehead atoms. The molecule has 2 atom stereocenters. The van der Waals surface area contributed by atoms with E-state index in [0.29, 0.717) is 54.9 Å². The molecule has 2 saturated heterocycles. The van der Waals surface area contributed by atoms with Crippen LogP contribution in [0, 0.1) is 0 Å². The van der Waals surface area contributed by atoms with Gasteiger partial charge < -0.3 is 29.0 Å². The quantitative estimate of drug-likeness (QED) is 0.770. The number of nitrogens with one attached hydrogen (secondary N) is 1. The monoisotopic (exact) mass is 399 g/mol. The van der Waals surface area contributed by atoms with E-state index in [1.807, 2.05) is 30.3 Å². The minimum atomic E-state index is -0.278. The number of rotatable bonds is 7. The zero-order valence-corrected chi connectivity index (χ0v) is 16.4. The van der Waals surface area contributed by atoms with E-state index in [-0.39, 0.29) is 18.1 Å². The summed E-state index contributed by atoms with van der Waals surface area (Å²) in [6.45, 7) is 2.25. The van der Waals surface area contributed by atoms with Gasteiger partial charge in [-0.2, -0.15) is 0 Å². The van der Waals surface area contributed by atoms with Gasteiger partial charge in [-0.05, 0) is 24.3 Å². The standard InChI is InChI=1S/C22H25NO6/c1-25-19-8-7-18(22(24)23-15-5-3-2-4-6-15)20(28-16-9-11-26-13-16)21(19)29-17-10-12-27-14-17/h2-8,16-17H,9-14H2,1H3,(H,23,24). The second-order valence-corrected chi connectivity index (χ2v) is 7.00. The minimum Gasteiger partial charge on any atom is -0.493 e. The van der Waals surface area contributed by atoms with E-state index in [9.17, 15) is 4.79 Å². The van der Waals surface area contributed by atoms with Crippen molar-refractivity contribution in [2.24, 2.45) is 0 Å². The van der Waals surface area contributed by atoms with Crippen molar-refractivity contribution in [2.75, 3.05) is 38.9 Å². The first kappa shape index (κ1) is 19.5. The lowest BCUT2D eigenvalue weighted by Crippen LogP contribution is -2.23. The summed E-state index contributed by atoms with van der Waals surface area (Å²) in [4.78, 5) is 13.1. The van der Waals surface area contributed by atoms with Crippen LogP contribution >= 0.6 is 0 Å². The predicted molar refractivity (Wildman–Crippen MR) is 107 cm³/mol. The van der Waals surface area contributed by atoms with Crippen molar-refractivity contribution in [2.45, 2.75) is 25.0 Å². The van der Waals surface area contributed by atoms with E-state index >= 15 is 0 Å². The number of methoxy groups -OCH3 is 1. The van der Waals surface area contributed by atoms with Crippen molar-refractivity contribution in [3.63, 3.8) is 0 Å². The van der Waals surface area contributed by atoms with Crippen molar-refractivity contribution in [1.82, 2.24) is 0 Å². The molecule has 2 aromatic rings. The molecule has 4 rings (SSSR count). The molecule has 0 saturated carbocycles. The maximum Gasteiger partial charge on any atom is 0.259 e. The van der Waals surface area contributed by atoms with Gasteiger partial charge in [-0.3, -0.25) is 4.79 Å². The van der Waals surface area contributed by atoms with Crippen molar-refractivity contribution in [1.29, 1.82) is 0 Å². The smallest absolute Gasteiger partial charge is 0.259 e. The molecule has 0 aromatic heterocycles. The Bertz CT molecular complexity index is 829. The van der Waals surface area contributed by atoms with Gasteiger partial charge in [0.1, 0.15) is 12.2 Å². The molecule has 2 heterocycles. The molecule has 2 aliphatic heterocycles. The zero-order chi connectivity index (χ0) is 20.1. The summed E-state index contributed by atoms with van der Waals surface area (Å²) in [7, 11) is 1.57. The van der Waals surface area contributed by atoms with Gasteiger partial charge in [0.25, 0.3) is 5.91 Å². The molecule has 0 spiro atoms. The second kappa shape index (κ2) is 9.15. The largest absolute Gasteiger partial charge is 0.493 e. The van der Waals surface area contributed by atoms with E-state index in [2.05, 4.69) is 5.32 Å². The van der Waals surface area contributed by atoms with Crippen LogP contribution in [-0.4, -0.2) is 51.7 Å². The first-order valence-corrected chi connectivity index (χ1v) is 9.81. The van der Waals surface area contributed by atoms with Gasteiger partial charge in [-0.1, -0.05) is 18.2 Å². The number of ether oxygens (including phenoxy) is 5. The summed E-state index contributed by atoms with van der Waals surface area (Å²) in [6, 6.07) is 12.7. The number of hydrogen-bond acceptors (Lipinski definition) is 6. The second-order valence-electron chi connectivity index (χ2n) is 7.00. The van der Waals surface area contributed by atoms with E-state index in [4.69, 9.17) is 23.7 Å². The number of anilines is 1. The lowest BCUT2D eigenvalue weighted by Gasteiger charge is -2.23. The molecule has 2 unspecified atom stereocenters. The van der Waals surface area contributed by atoms with Gasteiger partial charge in [-0.15, -0.1) is 0 Å². The Morgan fingerprint density at radius 2 is 1.59 bits per heavy atom.